The van der Waals surface area contributed by atoms with E-state index >= 15 is 0 Å². The average Bonchev–Trinajstić information content (AvgIpc) is 2.19. The number of hydrogen-bond donors (Lipinski definition) is 1. The van der Waals surface area contributed by atoms with Crippen LogP contribution in [0.25, 0.3) is 0 Å². The summed E-state index contributed by atoms with van der Waals surface area (Å²) in [6, 6.07) is 0.574. The van der Waals surface area contributed by atoms with Gasteiger partial charge in [-0.1, -0.05) is 12.2 Å². The molecule has 0 aromatic heterocycles. The highest BCUT2D eigenvalue weighted by Gasteiger charge is 2.25. The van der Waals surface area contributed by atoms with E-state index in [4.69, 9.17) is 0 Å². The minimum absolute atomic E-state index is 0.574. The molecular weight excluding hydrogens is 162 g/mol. The van der Waals surface area contributed by atoms with E-state index in [2.05, 4.69) is 34.3 Å². The van der Waals surface area contributed by atoms with Crippen LogP contribution in [-0.4, -0.2) is 36.5 Å². The second-order valence-electron chi connectivity index (χ2n) is 3.56. The number of rotatable bonds is 1. The van der Waals surface area contributed by atoms with Crippen molar-refractivity contribution >= 4 is 5.96 Å². The van der Waals surface area contributed by atoms with Gasteiger partial charge in [0.15, 0.2) is 5.96 Å². The summed E-state index contributed by atoms with van der Waals surface area (Å²) in [4.78, 5) is 6.86. The van der Waals surface area contributed by atoms with Gasteiger partial charge in [-0.2, -0.15) is 0 Å². The average molecular weight is 179 g/mol. The predicted octanol–water partition coefficient (Wildman–Crippen LogP) is 0.986. The smallest absolute Gasteiger partial charge is 0.194 e. The van der Waals surface area contributed by atoms with E-state index in [0.29, 0.717) is 6.04 Å². The fourth-order valence-electron chi connectivity index (χ4n) is 2.01. The molecule has 2 aliphatic rings. The Bertz CT molecular complexity index is 232. The summed E-state index contributed by atoms with van der Waals surface area (Å²) in [7, 11) is 0. The Morgan fingerprint density at radius 2 is 2.54 bits per heavy atom. The lowest BCUT2D eigenvalue weighted by molar-refractivity contribution is 0.289. The molecule has 2 rings (SSSR count). The first kappa shape index (κ1) is 8.60. The molecule has 0 bridgehead atoms. The zero-order valence-corrected chi connectivity index (χ0v) is 8.16. The van der Waals surface area contributed by atoms with Gasteiger partial charge in [-0.15, -0.1) is 0 Å². The van der Waals surface area contributed by atoms with Gasteiger partial charge in [-0.05, 0) is 19.8 Å². The van der Waals surface area contributed by atoms with Crippen LogP contribution < -0.4 is 5.32 Å². The maximum absolute atomic E-state index is 4.48. The third-order valence-corrected chi connectivity index (χ3v) is 2.63. The Morgan fingerprint density at radius 1 is 1.62 bits per heavy atom. The zero-order chi connectivity index (χ0) is 9.10. The molecule has 1 fully saturated rings. The van der Waals surface area contributed by atoms with Crippen molar-refractivity contribution in [3.05, 3.63) is 12.2 Å². The van der Waals surface area contributed by atoms with Gasteiger partial charge < -0.3 is 10.2 Å². The summed E-state index contributed by atoms with van der Waals surface area (Å²) in [6.45, 7) is 5.29. The largest absolute Gasteiger partial charge is 0.356 e. The Balaban J connectivity index is 2.12. The minimum Gasteiger partial charge on any atom is -0.356 e. The Morgan fingerprint density at radius 3 is 3.38 bits per heavy atom. The van der Waals surface area contributed by atoms with Crippen molar-refractivity contribution in [2.24, 2.45) is 4.99 Å². The first-order chi connectivity index (χ1) is 6.42. The maximum atomic E-state index is 4.48. The van der Waals surface area contributed by atoms with Crippen molar-refractivity contribution in [2.45, 2.75) is 25.8 Å². The van der Waals surface area contributed by atoms with E-state index < -0.39 is 0 Å². The van der Waals surface area contributed by atoms with Crippen molar-refractivity contribution < 1.29 is 0 Å². The second kappa shape index (κ2) is 3.81. The normalized spacial score (nSPS) is 28.2. The minimum atomic E-state index is 0.574. The highest BCUT2D eigenvalue weighted by molar-refractivity contribution is 5.81. The van der Waals surface area contributed by atoms with Gasteiger partial charge in [0.2, 0.25) is 0 Å². The number of aliphatic imine (C=N–C) groups is 1. The Hall–Kier alpha value is -0.990. The Labute approximate surface area is 79.5 Å². The summed E-state index contributed by atoms with van der Waals surface area (Å²) in [5, 5.41) is 3.35. The summed E-state index contributed by atoms with van der Waals surface area (Å²) >= 11 is 0. The molecular formula is C10H17N3. The number of hydrogen-bond acceptors (Lipinski definition) is 3. The molecule has 0 radical (unpaired) electrons. The number of fused-ring (bicyclic) bond motifs is 1. The van der Waals surface area contributed by atoms with Crippen LogP contribution >= 0.6 is 0 Å². The molecule has 3 nitrogen and oxygen atoms in total. The van der Waals surface area contributed by atoms with Crippen LogP contribution in [0.15, 0.2) is 17.1 Å². The molecule has 2 aliphatic heterocycles. The van der Waals surface area contributed by atoms with Crippen LogP contribution in [0.3, 0.4) is 0 Å². The van der Waals surface area contributed by atoms with Crippen molar-refractivity contribution in [1.82, 2.24) is 10.2 Å². The third kappa shape index (κ3) is 1.69. The molecule has 0 aromatic carbocycles. The second-order valence-corrected chi connectivity index (χ2v) is 3.56. The molecule has 0 amide bonds. The van der Waals surface area contributed by atoms with Crippen molar-refractivity contribution in [3.8, 4) is 0 Å². The molecule has 3 heteroatoms. The molecule has 2 heterocycles. The molecule has 0 aliphatic carbocycles. The van der Waals surface area contributed by atoms with Gasteiger partial charge in [0.1, 0.15) is 0 Å². The van der Waals surface area contributed by atoms with Crippen LogP contribution in [0, 0.1) is 0 Å². The first-order valence-corrected chi connectivity index (χ1v) is 5.09. The van der Waals surface area contributed by atoms with Gasteiger partial charge >= 0.3 is 0 Å². The molecule has 1 unspecified atom stereocenters. The van der Waals surface area contributed by atoms with Crippen molar-refractivity contribution in [1.29, 1.82) is 0 Å². The first-order valence-electron chi connectivity index (χ1n) is 5.09. The van der Waals surface area contributed by atoms with Crippen LogP contribution in [-0.2, 0) is 0 Å². The van der Waals surface area contributed by atoms with E-state index in [-0.39, 0.29) is 0 Å². The van der Waals surface area contributed by atoms with Crippen molar-refractivity contribution in [3.63, 3.8) is 0 Å². The van der Waals surface area contributed by atoms with E-state index in [1.807, 2.05) is 0 Å². The molecule has 13 heavy (non-hydrogen) atoms. The molecule has 1 N–H and O–H groups in total. The quantitative estimate of drug-likeness (QED) is 0.608. The summed E-state index contributed by atoms with van der Waals surface area (Å²) in [6.07, 6.45) is 6.81. The predicted molar refractivity (Wildman–Crippen MR) is 54.8 cm³/mol. The molecule has 1 atom stereocenters. The van der Waals surface area contributed by atoms with Gasteiger partial charge in [0.05, 0.1) is 6.04 Å². The van der Waals surface area contributed by atoms with Crippen LogP contribution in [0.2, 0.25) is 0 Å². The summed E-state index contributed by atoms with van der Waals surface area (Å²) in [5.74, 6) is 1.11. The van der Waals surface area contributed by atoms with Crippen LogP contribution in [0.5, 0.6) is 0 Å². The molecule has 1 saturated heterocycles. The van der Waals surface area contributed by atoms with Gasteiger partial charge in [0, 0.05) is 19.6 Å². The fraction of sp³-hybridized carbons (Fsp3) is 0.700. The third-order valence-electron chi connectivity index (χ3n) is 2.63. The van der Waals surface area contributed by atoms with E-state index in [1.54, 1.807) is 0 Å². The Kier molecular flexibility index (Phi) is 2.52. The van der Waals surface area contributed by atoms with Crippen LogP contribution in [0.1, 0.15) is 19.8 Å². The molecule has 0 saturated carbocycles. The van der Waals surface area contributed by atoms with E-state index in [1.165, 1.54) is 12.8 Å². The van der Waals surface area contributed by atoms with Crippen LogP contribution in [0.4, 0.5) is 0 Å². The SMILES string of the molecule is CC=CC1CCNC2=NCCCN21. The monoisotopic (exact) mass is 179 g/mol. The number of nitrogens with zero attached hydrogens (tertiary/aromatic N) is 2. The van der Waals surface area contributed by atoms with E-state index in [0.717, 1.165) is 25.6 Å². The maximum Gasteiger partial charge on any atom is 0.194 e. The van der Waals surface area contributed by atoms with Gasteiger partial charge in [-0.25, -0.2) is 0 Å². The van der Waals surface area contributed by atoms with Gasteiger partial charge in [0.25, 0.3) is 0 Å². The number of guanidine groups is 1. The fourth-order valence-corrected chi connectivity index (χ4v) is 2.01. The lowest BCUT2D eigenvalue weighted by Gasteiger charge is -2.39. The summed E-state index contributed by atoms with van der Waals surface area (Å²) in [5.41, 5.74) is 0. The topological polar surface area (TPSA) is 27.6 Å². The number of allylic oxidation sites excluding steroid dienone is 1. The standard InChI is InChI=1S/C10H17N3/c1-2-4-9-5-7-12-10-11-6-3-8-13(9)10/h2,4,9H,3,5-8H2,1H3,(H,11,12). The molecule has 0 spiro atoms. The molecule has 0 aromatic rings. The summed E-state index contributed by atoms with van der Waals surface area (Å²) < 4.78 is 0. The lowest BCUT2D eigenvalue weighted by atomic mass is 10.1. The lowest BCUT2D eigenvalue weighted by Crippen LogP contribution is -2.54. The van der Waals surface area contributed by atoms with Gasteiger partial charge in [-0.3, -0.25) is 4.99 Å². The van der Waals surface area contributed by atoms with Crippen molar-refractivity contribution in [2.75, 3.05) is 19.6 Å². The highest BCUT2D eigenvalue weighted by Crippen LogP contribution is 2.14. The zero-order valence-electron chi connectivity index (χ0n) is 8.16. The highest BCUT2D eigenvalue weighted by atomic mass is 15.3. The molecule has 72 valence electrons. The number of nitrogens with one attached hydrogen (secondary N) is 1. The van der Waals surface area contributed by atoms with E-state index in [9.17, 15) is 0 Å².